The second-order valence-electron chi connectivity index (χ2n) is 7.91. The van der Waals surface area contributed by atoms with Crippen molar-refractivity contribution in [2.75, 3.05) is 6.61 Å². The van der Waals surface area contributed by atoms with E-state index in [1.807, 2.05) is 24.3 Å². The van der Waals surface area contributed by atoms with Crippen LogP contribution in [0.5, 0.6) is 5.75 Å². The van der Waals surface area contributed by atoms with E-state index < -0.39 is 23.8 Å². The zero-order valence-electron chi connectivity index (χ0n) is 18.2. The zero-order valence-corrected chi connectivity index (χ0v) is 19.8. The molecule has 34 heavy (non-hydrogen) atoms. The molecular formula is C24H23ClFN3O4S. The monoisotopic (exact) mass is 503 g/mol. The fourth-order valence-electron chi connectivity index (χ4n) is 3.95. The summed E-state index contributed by atoms with van der Waals surface area (Å²) >= 11 is 10.2. The number of thiol groups is 1. The van der Waals surface area contributed by atoms with E-state index >= 15 is 0 Å². The third-order valence-electron chi connectivity index (χ3n) is 5.74. The summed E-state index contributed by atoms with van der Waals surface area (Å²) in [4.78, 5) is 11.7. The van der Waals surface area contributed by atoms with Crippen molar-refractivity contribution in [2.45, 2.75) is 36.3 Å². The molecule has 1 aromatic heterocycles. The first-order chi connectivity index (χ1) is 16.3. The number of hydrogen-bond donors (Lipinski definition) is 4. The van der Waals surface area contributed by atoms with Crippen LogP contribution in [0.1, 0.15) is 48.4 Å². The van der Waals surface area contributed by atoms with Gasteiger partial charge in [0.1, 0.15) is 11.6 Å². The van der Waals surface area contributed by atoms with Crippen molar-refractivity contribution >= 4 is 35.0 Å². The number of aromatic amines is 1. The maximum absolute atomic E-state index is 14.3. The number of hydrogen-bond acceptors (Lipinski definition) is 7. The Morgan fingerprint density at radius 2 is 2.03 bits per heavy atom. The van der Waals surface area contributed by atoms with Crippen molar-refractivity contribution in [2.24, 2.45) is 5.73 Å². The van der Waals surface area contributed by atoms with Gasteiger partial charge in [0.05, 0.1) is 23.8 Å². The molecule has 0 amide bonds. The van der Waals surface area contributed by atoms with E-state index in [-0.39, 0.29) is 11.7 Å². The van der Waals surface area contributed by atoms with Gasteiger partial charge < -0.3 is 20.0 Å². The van der Waals surface area contributed by atoms with Gasteiger partial charge in [-0.1, -0.05) is 48.9 Å². The second kappa shape index (κ2) is 10.2. The normalized spacial score (nSPS) is 16.7. The number of aliphatic hydroxyl groups excluding tert-OH is 1. The Morgan fingerprint density at radius 3 is 2.74 bits per heavy atom. The first-order valence-electron chi connectivity index (χ1n) is 10.6. The molecule has 5 rings (SSSR count). The van der Waals surface area contributed by atoms with Gasteiger partial charge >= 0.3 is 5.76 Å². The molecule has 178 valence electrons. The van der Waals surface area contributed by atoms with Gasteiger partial charge in [-0.05, 0) is 29.0 Å². The average Bonchev–Trinajstić information content (AvgIpc) is 3.27. The van der Waals surface area contributed by atoms with Crippen molar-refractivity contribution < 1.29 is 18.7 Å². The van der Waals surface area contributed by atoms with Gasteiger partial charge in [-0.15, -0.1) is 17.7 Å². The van der Waals surface area contributed by atoms with Gasteiger partial charge in [0.15, 0.2) is 0 Å². The molecule has 3 atom stereocenters. The van der Waals surface area contributed by atoms with Crippen LogP contribution < -0.4 is 16.2 Å². The van der Waals surface area contributed by atoms with E-state index in [2.05, 4.69) is 22.8 Å². The highest BCUT2D eigenvalue weighted by Crippen LogP contribution is 2.41. The number of rotatable bonds is 3. The average molecular weight is 504 g/mol. The van der Waals surface area contributed by atoms with E-state index in [9.17, 15) is 14.3 Å². The first-order valence-corrected chi connectivity index (χ1v) is 11.4. The molecule has 3 unspecified atom stereocenters. The minimum Gasteiger partial charge on any atom is -0.492 e. The summed E-state index contributed by atoms with van der Waals surface area (Å²) in [5, 5.41) is 17.8. The smallest absolute Gasteiger partial charge is 0.434 e. The molecule has 0 bridgehead atoms. The molecule has 0 aliphatic carbocycles. The fraction of sp³-hybridized carbons (Fsp3) is 0.250. The van der Waals surface area contributed by atoms with E-state index in [0.717, 1.165) is 15.7 Å². The third kappa shape index (κ3) is 4.83. The summed E-state index contributed by atoms with van der Waals surface area (Å²) in [6.45, 7) is 2.30. The fourth-order valence-corrected chi connectivity index (χ4v) is 4.49. The molecule has 7 nitrogen and oxygen atoms in total. The predicted molar refractivity (Wildman–Crippen MR) is 130 cm³/mol. The molecule has 0 fully saturated rings. The summed E-state index contributed by atoms with van der Waals surface area (Å²) in [6.07, 6.45) is 0.0626. The molecule has 1 aliphatic heterocycles. The van der Waals surface area contributed by atoms with Crippen LogP contribution in [0.4, 0.5) is 4.39 Å². The van der Waals surface area contributed by atoms with Gasteiger partial charge in [0.2, 0.25) is 5.89 Å². The summed E-state index contributed by atoms with van der Waals surface area (Å²) in [6, 6.07) is 13.4. The highest BCUT2D eigenvalue weighted by atomic mass is 35.5. The molecule has 0 saturated heterocycles. The summed E-state index contributed by atoms with van der Waals surface area (Å²) in [5.74, 6) is -0.724. The van der Waals surface area contributed by atoms with Gasteiger partial charge in [-0.25, -0.2) is 14.3 Å². The summed E-state index contributed by atoms with van der Waals surface area (Å²) < 4.78 is 24.5. The quantitative estimate of drug-likeness (QED) is 0.295. The highest BCUT2D eigenvalue weighted by Gasteiger charge is 2.26. The minimum absolute atomic E-state index is 0.0693. The number of nitrogens with one attached hydrogen (secondary N) is 1. The Hall–Kier alpha value is -2.85. The molecule has 4 aromatic rings. The Morgan fingerprint density at radius 1 is 1.26 bits per heavy atom. The topological polar surface area (TPSA) is 114 Å². The standard InChI is InChI=1S/C15H14FN3O2.C9H9ClO2S/c1-8(13(17)14-18-19-15(20)21-14)12-10-5-3-2-4-9(10)6-7-11(12)16;10-5-1-2-7(13)9-8(5)6(11)3-4-12-9/h2-8,13H,17H2,1H3,(H,19,20);1-2,6,11,13H,3-4H2. The summed E-state index contributed by atoms with van der Waals surface area (Å²) in [7, 11) is 0. The molecule has 4 N–H and O–H groups in total. The predicted octanol–water partition coefficient (Wildman–Crippen LogP) is 4.90. The van der Waals surface area contributed by atoms with Gasteiger partial charge in [-0.3, -0.25) is 0 Å². The van der Waals surface area contributed by atoms with E-state index in [4.69, 9.17) is 26.5 Å². The molecule has 0 radical (unpaired) electrons. The number of nitrogens with two attached hydrogens (primary N) is 1. The Balaban J connectivity index is 0.000000180. The lowest BCUT2D eigenvalue weighted by Gasteiger charge is -2.24. The molecule has 10 heteroatoms. The number of aromatic nitrogens is 2. The Labute approximate surface area is 205 Å². The van der Waals surface area contributed by atoms with Gasteiger partial charge in [0, 0.05) is 28.4 Å². The molecule has 2 heterocycles. The number of nitrogens with zero attached hydrogens (tertiary/aromatic N) is 1. The maximum Gasteiger partial charge on any atom is 0.434 e. The van der Waals surface area contributed by atoms with Gasteiger partial charge in [0.25, 0.3) is 0 Å². The SMILES string of the molecule is CC(c1c(F)ccc2ccccc12)C(N)c1n[nH]c(=O)o1.OC1CCOc2c(S)ccc(Cl)c21. The number of fused-ring (bicyclic) bond motifs is 2. The van der Waals surface area contributed by atoms with E-state index in [1.54, 1.807) is 25.1 Å². The van der Waals surface area contributed by atoms with Crippen LogP contribution in [-0.2, 0) is 0 Å². The number of H-pyrrole nitrogens is 1. The van der Waals surface area contributed by atoms with Crippen molar-refractivity contribution in [3.05, 3.63) is 86.9 Å². The van der Waals surface area contributed by atoms with E-state index in [0.29, 0.717) is 34.9 Å². The van der Waals surface area contributed by atoms with Crippen LogP contribution in [-0.4, -0.2) is 21.9 Å². The number of aliphatic hydroxyl groups is 1. The van der Waals surface area contributed by atoms with Crippen LogP contribution in [0.3, 0.4) is 0 Å². The number of benzene rings is 3. The molecule has 1 aliphatic rings. The van der Waals surface area contributed by atoms with Crippen molar-refractivity contribution in [3.8, 4) is 5.75 Å². The van der Waals surface area contributed by atoms with Crippen LogP contribution >= 0.6 is 24.2 Å². The Kier molecular flexibility index (Phi) is 7.27. The van der Waals surface area contributed by atoms with Crippen LogP contribution in [0.2, 0.25) is 5.02 Å². The number of ether oxygens (including phenoxy) is 1. The first kappa shape index (κ1) is 24.3. The second-order valence-corrected chi connectivity index (χ2v) is 8.80. The molecule has 3 aromatic carbocycles. The van der Waals surface area contributed by atoms with Crippen LogP contribution in [0.25, 0.3) is 10.8 Å². The van der Waals surface area contributed by atoms with Crippen LogP contribution in [0.15, 0.2) is 62.6 Å². The van der Waals surface area contributed by atoms with Crippen molar-refractivity contribution in [1.82, 2.24) is 10.2 Å². The van der Waals surface area contributed by atoms with Crippen LogP contribution in [0, 0.1) is 5.82 Å². The lowest BCUT2D eigenvalue weighted by atomic mass is 9.89. The molecular weight excluding hydrogens is 481 g/mol. The van der Waals surface area contributed by atoms with Crippen molar-refractivity contribution in [1.29, 1.82) is 0 Å². The minimum atomic E-state index is -0.718. The Bertz CT molecular complexity index is 1380. The zero-order chi connectivity index (χ0) is 24.4. The van der Waals surface area contributed by atoms with Gasteiger partial charge in [-0.2, -0.15) is 0 Å². The third-order valence-corrected chi connectivity index (χ3v) is 6.43. The van der Waals surface area contributed by atoms with E-state index in [1.165, 1.54) is 6.07 Å². The lowest BCUT2D eigenvalue weighted by Crippen LogP contribution is -2.19. The maximum atomic E-state index is 14.3. The molecule has 0 spiro atoms. The summed E-state index contributed by atoms with van der Waals surface area (Å²) in [5.41, 5.74) is 7.22. The number of halogens is 2. The highest BCUT2D eigenvalue weighted by molar-refractivity contribution is 7.80. The largest absolute Gasteiger partial charge is 0.492 e. The molecule has 0 saturated carbocycles. The van der Waals surface area contributed by atoms with Crippen molar-refractivity contribution in [3.63, 3.8) is 0 Å². The lowest BCUT2D eigenvalue weighted by molar-refractivity contribution is 0.113.